The first-order valence-corrected chi connectivity index (χ1v) is 6.69. The summed E-state index contributed by atoms with van der Waals surface area (Å²) in [4.78, 5) is 8.66. The number of benzene rings is 1. The second-order valence-corrected chi connectivity index (χ2v) is 5.00. The van der Waals surface area contributed by atoms with Gasteiger partial charge in [-0.25, -0.2) is 24.6 Å². The molecule has 2 aromatic rings. The zero-order valence-corrected chi connectivity index (χ0v) is 11.2. The van der Waals surface area contributed by atoms with Gasteiger partial charge in [-0.1, -0.05) is 0 Å². The lowest BCUT2D eigenvalue weighted by Crippen LogP contribution is -2.12. The van der Waals surface area contributed by atoms with E-state index in [0.29, 0.717) is 23.4 Å². The third kappa shape index (κ3) is 3.25. The normalized spacial score (nSPS) is 14.0. The van der Waals surface area contributed by atoms with Gasteiger partial charge < -0.3 is 10.7 Å². The molecule has 0 aliphatic heterocycles. The molecule has 0 radical (unpaired) electrons. The number of nitrogens with one attached hydrogen (secondary N) is 2. The van der Waals surface area contributed by atoms with Crippen molar-refractivity contribution < 1.29 is 8.78 Å². The average molecular weight is 291 g/mol. The van der Waals surface area contributed by atoms with Gasteiger partial charge in [0.05, 0.1) is 0 Å². The summed E-state index contributed by atoms with van der Waals surface area (Å²) in [5, 5.41) is 2.97. The summed E-state index contributed by atoms with van der Waals surface area (Å²) in [5.41, 5.74) is 2.72. The van der Waals surface area contributed by atoms with Gasteiger partial charge in [0.25, 0.3) is 0 Å². The maximum absolute atomic E-state index is 13.6. The number of nitrogen functional groups attached to an aromatic ring is 1. The van der Waals surface area contributed by atoms with Crippen LogP contribution in [-0.2, 0) is 6.54 Å². The number of hydrogen-bond acceptors (Lipinski definition) is 5. The number of anilines is 2. The van der Waals surface area contributed by atoms with E-state index in [2.05, 4.69) is 20.7 Å². The summed E-state index contributed by atoms with van der Waals surface area (Å²) in [6.45, 7) is 0.134. The van der Waals surface area contributed by atoms with E-state index in [4.69, 9.17) is 5.84 Å². The molecule has 1 aromatic heterocycles. The first-order chi connectivity index (χ1) is 10.2. The first-order valence-electron chi connectivity index (χ1n) is 6.69. The molecule has 0 atom stereocenters. The topological polar surface area (TPSA) is 75.9 Å². The van der Waals surface area contributed by atoms with E-state index in [1.165, 1.54) is 0 Å². The highest BCUT2D eigenvalue weighted by molar-refractivity contribution is 5.48. The molecule has 21 heavy (non-hydrogen) atoms. The van der Waals surface area contributed by atoms with Crippen molar-refractivity contribution in [1.82, 2.24) is 9.97 Å². The SMILES string of the molecule is NNc1cc(NCc2cc(F)ccc2F)nc(C2CC2)n1. The van der Waals surface area contributed by atoms with Crippen molar-refractivity contribution in [3.63, 3.8) is 0 Å². The molecule has 0 amide bonds. The fourth-order valence-corrected chi connectivity index (χ4v) is 2.02. The van der Waals surface area contributed by atoms with Gasteiger partial charge in [0.1, 0.15) is 29.1 Å². The summed E-state index contributed by atoms with van der Waals surface area (Å²) in [5.74, 6) is 6.55. The highest BCUT2D eigenvalue weighted by atomic mass is 19.1. The van der Waals surface area contributed by atoms with Crippen LogP contribution < -0.4 is 16.6 Å². The van der Waals surface area contributed by atoms with E-state index in [-0.39, 0.29) is 12.1 Å². The molecule has 0 saturated heterocycles. The van der Waals surface area contributed by atoms with Gasteiger partial charge in [-0.2, -0.15) is 0 Å². The van der Waals surface area contributed by atoms with Crippen LogP contribution in [0.5, 0.6) is 0 Å². The minimum absolute atomic E-state index is 0.134. The molecule has 1 aliphatic carbocycles. The second-order valence-electron chi connectivity index (χ2n) is 5.00. The highest BCUT2D eigenvalue weighted by Crippen LogP contribution is 2.38. The van der Waals surface area contributed by atoms with E-state index in [1.54, 1.807) is 6.07 Å². The number of rotatable bonds is 5. The molecule has 3 rings (SSSR count). The lowest BCUT2D eigenvalue weighted by molar-refractivity contribution is 0.587. The van der Waals surface area contributed by atoms with Gasteiger partial charge in [0.2, 0.25) is 0 Å². The quantitative estimate of drug-likeness (QED) is 0.583. The number of hydrazine groups is 1. The van der Waals surface area contributed by atoms with Crippen LogP contribution in [0.2, 0.25) is 0 Å². The van der Waals surface area contributed by atoms with Crippen LogP contribution in [0.1, 0.15) is 30.1 Å². The Bertz CT molecular complexity index is 658. The Balaban J connectivity index is 1.77. The number of nitrogens with zero attached hydrogens (tertiary/aromatic N) is 2. The summed E-state index contributed by atoms with van der Waals surface area (Å²) < 4.78 is 26.7. The van der Waals surface area contributed by atoms with Gasteiger partial charge >= 0.3 is 0 Å². The summed E-state index contributed by atoms with van der Waals surface area (Å²) in [6, 6.07) is 4.98. The molecular formula is C14H15F2N5. The maximum Gasteiger partial charge on any atom is 0.145 e. The van der Waals surface area contributed by atoms with Gasteiger partial charge in [-0.05, 0) is 31.0 Å². The Kier molecular flexibility index (Phi) is 3.66. The molecule has 5 nitrogen and oxygen atoms in total. The molecule has 0 bridgehead atoms. The molecule has 1 aliphatic rings. The zero-order valence-electron chi connectivity index (χ0n) is 11.2. The van der Waals surface area contributed by atoms with Crippen LogP contribution >= 0.6 is 0 Å². The van der Waals surface area contributed by atoms with Crippen LogP contribution in [0.15, 0.2) is 24.3 Å². The van der Waals surface area contributed by atoms with Crippen LogP contribution in [-0.4, -0.2) is 9.97 Å². The monoisotopic (exact) mass is 291 g/mol. The summed E-state index contributed by atoms with van der Waals surface area (Å²) in [6.07, 6.45) is 2.12. The lowest BCUT2D eigenvalue weighted by atomic mass is 10.2. The molecule has 0 spiro atoms. The van der Waals surface area contributed by atoms with E-state index in [1.807, 2.05) is 0 Å². The maximum atomic E-state index is 13.6. The Hall–Kier alpha value is -2.28. The van der Waals surface area contributed by atoms with Crippen molar-refractivity contribution >= 4 is 11.6 Å². The van der Waals surface area contributed by atoms with Gasteiger partial charge in [-0.3, -0.25) is 0 Å². The Labute approximate surface area is 120 Å². The number of halogens is 2. The molecule has 1 aromatic carbocycles. The molecule has 110 valence electrons. The molecule has 1 heterocycles. The largest absolute Gasteiger partial charge is 0.366 e. The Morgan fingerprint density at radius 1 is 1.14 bits per heavy atom. The first kappa shape index (κ1) is 13.7. The van der Waals surface area contributed by atoms with Crippen LogP contribution in [0.3, 0.4) is 0 Å². The van der Waals surface area contributed by atoms with E-state index in [9.17, 15) is 8.78 Å². The minimum Gasteiger partial charge on any atom is -0.366 e. The molecule has 0 unspecified atom stereocenters. The Morgan fingerprint density at radius 3 is 2.62 bits per heavy atom. The minimum atomic E-state index is -0.473. The van der Waals surface area contributed by atoms with Crippen LogP contribution in [0.25, 0.3) is 0 Å². The predicted molar refractivity (Wildman–Crippen MR) is 75.5 cm³/mol. The van der Waals surface area contributed by atoms with E-state index < -0.39 is 11.6 Å². The van der Waals surface area contributed by atoms with Crippen molar-refractivity contribution in [3.8, 4) is 0 Å². The Morgan fingerprint density at radius 2 is 1.90 bits per heavy atom. The molecular weight excluding hydrogens is 276 g/mol. The van der Waals surface area contributed by atoms with Crippen molar-refractivity contribution in [3.05, 3.63) is 47.3 Å². The summed E-state index contributed by atoms with van der Waals surface area (Å²) >= 11 is 0. The van der Waals surface area contributed by atoms with Crippen LogP contribution in [0.4, 0.5) is 20.4 Å². The number of nitrogens with two attached hydrogens (primary N) is 1. The van der Waals surface area contributed by atoms with Crippen molar-refractivity contribution in [2.75, 3.05) is 10.7 Å². The fourth-order valence-electron chi connectivity index (χ4n) is 2.02. The van der Waals surface area contributed by atoms with Crippen molar-refractivity contribution in [2.45, 2.75) is 25.3 Å². The number of aromatic nitrogens is 2. The molecule has 4 N–H and O–H groups in total. The van der Waals surface area contributed by atoms with Crippen molar-refractivity contribution in [1.29, 1.82) is 0 Å². The molecule has 1 saturated carbocycles. The number of hydrogen-bond donors (Lipinski definition) is 3. The van der Waals surface area contributed by atoms with Gasteiger partial charge in [-0.15, -0.1) is 0 Å². The van der Waals surface area contributed by atoms with E-state index >= 15 is 0 Å². The fraction of sp³-hybridized carbons (Fsp3) is 0.286. The zero-order chi connectivity index (χ0) is 14.8. The van der Waals surface area contributed by atoms with Crippen molar-refractivity contribution in [2.24, 2.45) is 5.84 Å². The highest BCUT2D eigenvalue weighted by Gasteiger charge is 2.27. The summed E-state index contributed by atoms with van der Waals surface area (Å²) in [7, 11) is 0. The molecule has 7 heteroatoms. The lowest BCUT2D eigenvalue weighted by Gasteiger charge is -2.10. The third-order valence-electron chi connectivity index (χ3n) is 3.30. The van der Waals surface area contributed by atoms with Gasteiger partial charge in [0.15, 0.2) is 0 Å². The third-order valence-corrected chi connectivity index (χ3v) is 3.30. The second kappa shape index (κ2) is 5.61. The van der Waals surface area contributed by atoms with Gasteiger partial charge in [0, 0.05) is 24.1 Å². The molecule has 1 fully saturated rings. The smallest absolute Gasteiger partial charge is 0.145 e. The average Bonchev–Trinajstić information content (AvgIpc) is 3.32. The predicted octanol–water partition coefficient (Wildman–Crippen LogP) is 2.53. The van der Waals surface area contributed by atoms with Crippen LogP contribution in [0, 0.1) is 11.6 Å². The van der Waals surface area contributed by atoms with E-state index in [0.717, 1.165) is 31.0 Å². The standard InChI is InChI=1S/C14H15F2N5/c15-10-3-4-11(16)9(5-10)7-18-12-6-13(21-17)20-14(19-12)8-1-2-8/h3-6,8H,1-2,7,17H2,(H2,18,19,20,21).